The van der Waals surface area contributed by atoms with Gasteiger partial charge in [0.05, 0.1) is 37.6 Å². The number of hydrogen-bond acceptors (Lipinski definition) is 10. The zero-order valence-corrected chi connectivity index (χ0v) is 26.1. The van der Waals surface area contributed by atoms with Crippen LogP contribution in [0.15, 0.2) is 86.0 Å². The Kier molecular flexibility index (Phi) is 14.1. The Bertz CT molecular complexity index is 1520. The van der Waals surface area contributed by atoms with Crippen molar-refractivity contribution >= 4 is 23.9 Å². The van der Waals surface area contributed by atoms with Crippen LogP contribution in [0.3, 0.4) is 0 Å². The molecule has 242 valence electrons. The maximum Gasteiger partial charge on any atom is 0.343 e. The standard InChI is InChI=1S/C36H38O10/c1-5-33(37)43-21-9-7-19-41-28-13-11-27(12-14-28)35(39)46-32-18-16-30(24-26(32)4)45-36(40)31-17-15-29(23-25(31)3)42-20-8-10-22-44-34(38)6-2/h5-6,11-18,23-24H,1-2,7-10,19-22H2,3-4H3. The lowest BCUT2D eigenvalue weighted by Gasteiger charge is -2.12. The topological polar surface area (TPSA) is 124 Å². The van der Waals surface area contributed by atoms with E-state index in [2.05, 4.69) is 13.2 Å². The molecule has 0 radical (unpaired) electrons. The highest BCUT2D eigenvalue weighted by atomic mass is 16.5. The summed E-state index contributed by atoms with van der Waals surface area (Å²) < 4.78 is 32.4. The first kappa shape index (κ1) is 35.1. The lowest BCUT2D eigenvalue weighted by Crippen LogP contribution is -2.12. The number of carbonyl (C=O) groups is 4. The second kappa shape index (κ2) is 18.4. The highest BCUT2D eigenvalue weighted by molar-refractivity contribution is 5.93. The zero-order chi connectivity index (χ0) is 33.3. The fourth-order valence-corrected chi connectivity index (χ4v) is 4.01. The predicted molar refractivity (Wildman–Crippen MR) is 170 cm³/mol. The Morgan fingerprint density at radius 1 is 0.587 bits per heavy atom. The van der Waals surface area contributed by atoms with Crippen LogP contribution in [0, 0.1) is 13.8 Å². The van der Waals surface area contributed by atoms with Crippen molar-refractivity contribution in [2.75, 3.05) is 26.4 Å². The fraction of sp³-hybridized carbons (Fsp3) is 0.278. The molecule has 0 heterocycles. The summed E-state index contributed by atoms with van der Waals surface area (Å²) in [5.41, 5.74) is 2.03. The minimum absolute atomic E-state index is 0.298. The van der Waals surface area contributed by atoms with E-state index in [9.17, 15) is 19.2 Å². The first-order valence-corrected chi connectivity index (χ1v) is 14.8. The van der Waals surface area contributed by atoms with E-state index in [1.807, 2.05) is 0 Å². The van der Waals surface area contributed by atoms with Crippen LogP contribution in [-0.2, 0) is 19.1 Å². The van der Waals surface area contributed by atoms with Crippen LogP contribution < -0.4 is 18.9 Å². The van der Waals surface area contributed by atoms with E-state index in [0.29, 0.717) is 97.4 Å². The summed E-state index contributed by atoms with van der Waals surface area (Å²) in [4.78, 5) is 47.7. The van der Waals surface area contributed by atoms with E-state index in [1.54, 1.807) is 74.5 Å². The van der Waals surface area contributed by atoms with Gasteiger partial charge in [0.2, 0.25) is 0 Å². The lowest BCUT2D eigenvalue weighted by atomic mass is 10.1. The molecule has 46 heavy (non-hydrogen) atoms. The lowest BCUT2D eigenvalue weighted by molar-refractivity contribution is -0.138. The first-order chi connectivity index (χ1) is 22.2. The summed E-state index contributed by atoms with van der Waals surface area (Å²) >= 11 is 0. The summed E-state index contributed by atoms with van der Waals surface area (Å²) in [7, 11) is 0. The summed E-state index contributed by atoms with van der Waals surface area (Å²) in [5, 5.41) is 0. The number of aryl methyl sites for hydroxylation is 2. The van der Waals surface area contributed by atoms with Crippen LogP contribution >= 0.6 is 0 Å². The van der Waals surface area contributed by atoms with Crippen LogP contribution in [-0.4, -0.2) is 50.3 Å². The number of unbranched alkanes of at least 4 members (excludes halogenated alkanes) is 2. The van der Waals surface area contributed by atoms with Gasteiger partial charge in [0.15, 0.2) is 0 Å². The Labute approximate surface area is 268 Å². The highest BCUT2D eigenvalue weighted by Crippen LogP contribution is 2.26. The quantitative estimate of drug-likeness (QED) is 0.0664. The van der Waals surface area contributed by atoms with Gasteiger partial charge >= 0.3 is 23.9 Å². The Morgan fingerprint density at radius 2 is 1.11 bits per heavy atom. The summed E-state index contributed by atoms with van der Waals surface area (Å²) in [5.74, 6) is -0.127. The third-order valence-electron chi connectivity index (χ3n) is 6.50. The fourth-order valence-electron chi connectivity index (χ4n) is 4.01. The maximum atomic E-state index is 12.9. The molecule has 10 nitrogen and oxygen atoms in total. The van der Waals surface area contributed by atoms with E-state index in [1.165, 1.54) is 0 Å². The first-order valence-electron chi connectivity index (χ1n) is 14.8. The minimum atomic E-state index is -0.544. The van der Waals surface area contributed by atoms with Crippen molar-refractivity contribution in [2.24, 2.45) is 0 Å². The van der Waals surface area contributed by atoms with Gasteiger partial charge < -0.3 is 28.4 Å². The predicted octanol–water partition coefficient (Wildman–Crippen LogP) is 6.52. The molecule has 0 aliphatic heterocycles. The van der Waals surface area contributed by atoms with Crippen molar-refractivity contribution in [1.82, 2.24) is 0 Å². The van der Waals surface area contributed by atoms with E-state index in [0.717, 1.165) is 12.2 Å². The molecule has 0 aliphatic rings. The molecular weight excluding hydrogens is 592 g/mol. The second-order valence-corrected chi connectivity index (χ2v) is 10.1. The monoisotopic (exact) mass is 630 g/mol. The third-order valence-corrected chi connectivity index (χ3v) is 6.50. The number of esters is 4. The van der Waals surface area contributed by atoms with Crippen LogP contribution in [0.25, 0.3) is 0 Å². The third kappa shape index (κ3) is 11.6. The van der Waals surface area contributed by atoms with E-state index < -0.39 is 23.9 Å². The molecule has 0 saturated heterocycles. The molecule has 0 unspecified atom stereocenters. The van der Waals surface area contributed by atoms with Crippen LogP contribution in [0.5, 0.6) is 23.0 Å². The molecule has 0 atom stereocenters. The molecule has 0 saturated carbocycles. The number of carbonyl (C=O) groups excluding carboxylic acids is 4. The number of rotatable bonds is 18. The summed E-state index contributed by atoms with van der Waals surface area (Å²) in [6.07, 6.45) is 4.95. The summed E-state index contributed by atoms with van der Waals surface area (Å²) in [6.45, 7) is 11.7. The molecule has 0 aliphatic carbocycles. The van der Waals surface area contributed by atoms with E-state index in [-0.39, 0.29) is 0 Å². The molecule has 3 aromatic rings. The number of benzene rings is 3. The van der Waals surface area contributed by atoms with Crippen LogP contribution in [0.1, 0.15) is 57.5 Å². The molecule has 0 aromatic heterocycles. The van der Waals surface area contributed by atoms with Crippen molar-refractivity contribution in [2.45, 2.75) is 39.5 Å². The Balaban J connectivity index is 1.45. The Hall–Kier alpha value is -5.38. The normalized spacial score (nSPS) is 10.3. The molecule has 0 spiro atoms. The van der Waals surface area contributed by atoms with Gasteiger partial charge in [-0.05, 0) is 111 Å². The molecule has 3 aromatic carbocycles. The van der Waals surface area contributed by atoms with Crippen molar-refractivity contribution in [1.29, 1.82) is 0 Å². The molecule has 0 amide bonds. The zero-order valence-electron chi connectivity index (χ0n) is 26.1. The average Bonchev–Trinajstić information content (AvgIpc) is 3.05. The second-order valence-electron chi connectivity index (χ2n) is 10.1. The highest BCUT2D eigenvalue weighted by Gasteiger charge is 2.15. The number of hydrogen-bond donors (Lipinski definition) is 0. The molecule has 0 bridgehead atoms. The van der Waals surface area contributed by atoms with Crippen molar-refractivity contribution in [3.63, 3.8) is 0 Å². The summed E-state index contributed by atoms with van der Waals surface area (Å²) in [6, 6.07) is 16.4. The molecule has 0 fully saturated rings. The largest absolute Gasteiger partial charge is 0.494 e. The van der Waals surface area contributed by atoms with Crippen molar-refractivity contribution in [3.05, 3.63) is 108 Å². The van der Waals surface area contributed by atoms with Crippen molar-refractivity contribution in [3.8, 4) is 23.0 Å². The van der Waals surface area contributed by atoms with Gasteiger partial charge in [0.1, 0.15) is 23.0 Å². The minimum Gasteiger partial charge on any atom is -0.494 e. The van der Waals surface area contributed by atoms with Gasteiger partial charge in [0, 0.05) is 12.2 Å². The van der Waals surface area contributed by atoms with Crippen molar-refractivity contribution < 1.29 is 47.6 Å². The van der Waals surface area contributed by atoms with Gasteiger partial charge in [-0.2, -0.15) is 0 Å². The van der Waals surface area contributed by atoms with Crippen LogP contribution in [0.4, 0.5) is 0 Å². The van der Waals surface area contributed by atoms with Gasteiger partial charge in [-0.15, -0.1) is 0 Å². The average molecular weight is 631 g/mol. The van der Waals surface area contributed by atoms with E-state index >= 15 is 0 Å². The number of ether oxygens (including phenoxy) is 6. The van der Waals surface area contributed by atoms with Gasteiger partial charge in [0.25, 0.3) is 0 Å². The van der Waals surface area contributed by atoms with Gasteiger partial charge in [-0.1, -0.05) is 13.2 Å². The van der Waals surface area contributed by atoms with Gasteiger partial charge in [-0.25, -0.2) is 19.2 Å². The molecule has 10 heteroatoms. The molecule has 3 rings (SSSR count). The Morgan fingerprint density at radius 3 is 1.67 bits per heavy atom. The SMILES string of the molecule is C=CC(=O)OCCCCOc1ccc(C(=O)Oc2ccc(OC(=O)c3ccc(OCCCCOC(=O)C=C)cc3C)cc2C)cc1. The van der Waals surface area contributed by atoms with E-state index in [4.69, 9.17) is 28.4 Å². The molecule has 0 N–H and O–H groups in total. The maximum absolute atomic E-state index is 12.9. The smallest absolute Gasteiger partial charge is 0.343 e. The molecular formula is C36H38O10. The van der Waals surface area contributed by atoms with Gasteiger partial charge in [-0.3, -0.25) is 0 Å². The van der Waals surface area contributed by atoms with Crippen LogP contribution in [0.2, 0.25) is 0 Å².